The van der Waals surface area contributed by atoms with Crippen molar-refractivity contribution in [3.8, 4) is 5.75 Å². The van der Waals surface area contributed by atoms with Crippen LogP contribution < -0.4 is 10.1 Å². The summed E-state index contributed by atoms with van der Waals surface area (Å²) in [7, 11) is 0. The molecule has 0 aromatic heterocycles. The van der Waals surface area contributed by atoms with E-state index in [0.717, 1.165) is 31.6 Å². The molecule has 0 spiro atoms. The van der Waals surface area contributed by atoms with E-state index >= 15 is 0 Å². The van der Waals surface area contributed by atoms with Crippen LogP contribution in [-0.2, 0) is 0 Å². The third kappa shape index (κ3) is 5.14. The molecule has 0 saturated carbocycles. The summed E-state index contributed by atoms with van der Waals surface area (Å²) in [6.07, 6.45) is 2.92. The van der Waals surface area contributed by atoms with Crippen LogP contribution in [0.25, 0.3) is 0 Å². The van der Waals surface area contributed by atoms with Gasteiger partial charge in [0.05, 0.1) is 13.2 Å². The number of hydrogen-bond donors (Lipinski definition) is 2. The highest BCUT2D eigenvalue weighted by Crippen LogP contribution is 2.21. The van der Waals surface area contributed by atoms with Crippen LogP contribution in [0.15, 0.2) is 18.2 Å². The predicted octanol–water partition coefficient (Wildman–Crippen LogP) is 3.21. The van der Waals surface area contributed by atoms with E-state index < -0.39 is 0 Å². The summed E-state index contributed by atoms with van der Waals surface area (Å²) in [6, 6.07) is 6.14. The number of aliphatic hydroxyl groups is 1. The third-order valence-corrected chi connectivity index (χ3v) is 3.84. The monoisotopic (exact) mass is 279 g/mol. The highest BCUT2D eigenvalue weighted by atomic mass is 16.5. The number of hydrogen-bond acceptors (Lipinski definition) is 3. The zero-order valence-corrected chi connectivity index (χ0v) is 13.3. The van der Waals surface area contributed by atoms with Gasteiger partial charge in [0.1, 0.15) is 5.75 Å². The van der Waals surface area contributed by atoms with Gasteiger partial charge in [0.2, 0.25) is 0 Å². The number of ether oxygens (including phenoxy) is 1. The molecule has 0 aliphatic carbocycles. The van der Waals surface area contributed by atoms with Crippen molar-refractivity contribution in [1.29, 1.82) is 0 Å². The van der Waals surface area contributed by atoms with Crippen LogP contribution >= 0.6 is 0 Å². The summed E-state index contributed by atoms with van der Waals surface area (Å²) >= 11 is 0. The van der Waals surface area contributed by atoms with Crippen LogP contribution in [0.3, 0.4) is 0 Å². The third-order valence-electron chi connectivity index (χ3n) is 3.84. The van der Waals surface area contributed by atoms with Gasteiger partial charge in [0.15, 0.2) is 0 Å². The first-order valence-electron chi connectivity index (χ1n) is 7.57. The van der Waals surface area contributed by atoms with Gasteiger partial charge in [-0.2, -0.15) is 0 Å². The molecular formula is C17H29NO2. The molecule has 1 aromatic rings. The second kappa shape index (κ2) is 8.28. The first-order valence-corrected chi connectivity index (χ1v) is 7.57. The Morgan fingerprint density at radius 1 is 1.30 bits per heavy atom. The SMILES string of the molecule is CCCNC(C)(CO)CCCOc1cccc(C)c1C. The molecule has 1 unspecified atom stereocenters. The summed E-state index contributed by atoms with van der Waals surface area (Å²) in [4.78, 5) is 0. The molecule has 0 aliphatic rings. The van der Waals surface area contributed by atoms with E-state index in [2.05, 4.69) is 39.1 Å². The lowest BCUT2D eigenvalue weighted by atomic mass is 9.97. The van der Waals surface area contributed by atoms with Gasteiger partial charge in [0, 0.05) is 5.54 Å². The standard InChI is InChI=1S/C17H29NO2/c1-5-11-18-17(4,13-19)10-7-12-20-16-9-6-8-14(2)15(16)3/h6,8-9,18-19H,5,7,10-13H2,1-4H3. The maximum Gasteiger partial charge on any atom is 0.122 e. The normalized spacial score (nSPS) is 14.1. The molecule has 1 atom stereocenters. The summed E-state index contributed by atoms with van der Waals surface area (Å²) in [5, 5.41) is 12.9. The van der Waals surface area contributed by atoms with Gasteiger partial charge < -0.3 is 15.2 Å². The van der Waals surface area contributed by atoms with Crippen molar-refractivity contribution in [2.24, 2.45) is 0 Å². The Morgan fingerprint density at radius 2 is 2.05 bits per heavy atom. The second-order valence-corrected chi connectivity index (χ2v) is 5.80. The van der Waals surface area contributed by atoms with E-state index in [1.807, 2.05) is 12.1 Å². The zero-order valence-electron chi connectivity index (χ0n) is 13.3. The summed E-state index contributed by atoms with van der Waals surface area (Å²) in [5.74, 6) is 0.970. The number of nitrogens with one attached hydrogen (secondary N) is 1. The van der Waals surface area contributed by atoms with Gasteiger partial charge >= 0.3 is 0 Å². The molecule has 0 radical (unpaired) electrons. The van der Waals surface area contributed by atoms with Crippen LogP contribution in [-0.4, -0.2) is 30.4 Å². The Kier molecular flexibility index (Phi) is 7.03. The Labute approximate surface area is 123 Å². The fourth-order valence-corrected chi connectivity index (χ4v) is 2.18. The first kappa shape index (κ1) is 17.0. The maximum absolute atomic E-state index is 9.51. The van der Waals surface area contributed by atoms with Crippen molar-refractivity contribution >= 4 is 0 Å². The molecule has 1 rings (SSSR count). The Balaban J connectivity index is 2.38. The number of rotatable bonds is 9. The van der Waals surface area contributed by atoms with Crippen molar-refractivity contribution < 1.29 is 9.84 Å². The minimum atomic E-state index is -0.193. The molecular weight excluding hydrogens is 250 g/mol. The Morgan fingerprint density at radius 3 is 2.70 bits per heavy atom. The van der Waals surface area contributed by atoms with E-state index in [1.165, 1.54) is 11.1 Å². The van der Waals surface area contributed by atoms with Crippen molar-refractivity contribution in [1.82, 2.24) is 5.32 Å². The average Bonchev–Trinajstić information content (AvgIpc) is 2.45. The fraction of sp³-hybridized carbons (Fsp3) is 0.647. The maximum atomic E-state index is 9.51. The Bertz CT molecular complexity index is 406. The zero-order chi connectivity index (χ0) is 15.0. The molecule has 3 nitrogen and oxygen atoms in total. The van der Waals surface area contributed by atoms with Crippen molar-refractivity contribution in [3.63, 3.8) is 0 Å². The summed E-state index contributed by atoms with van der Waals surface area (Å²) in [5.41, 5.74) is 2.27. The van der Waals surface area contributed by atoms with Crippen LogP contribution in [0.2, 0.25) is 0 Å². The molecule has 0 saturated heterocycles. The number of aryl methyl sites for hydroxylation is 1. The predicted molar refractivity (Wildman–Crippen MR) is 84.4 cm³/mol. The van der Waals surface area contributed by atoms with E-state index in [-0.39, 0.29) is 12.1 Å². The van der Waals surface area contributed by atoms with Crippen molar-refractivity contribution in [2.45, 2.75) is 52.5 Å². The molecule has 3 heteroatoms. The highest BCUT2D eigenvalue weighted by Gasteiger charge is 2.21. The van der Waals surface area contributed by atoms with E-state index in [0.29, 0.717) is 6.61 Å². The molecule has 0 amide bonds. The lowest BCUT2D eigenvalue weighted by Crippen LogP contribution is -2.46. The molecule has 1 aromatic carbocycles. The topological polar surface area (TPSA) is 41.5 Å². The van der Waals surface area contributed by atoms with Crippen LogP contribution in [0, 0.1) is 13.8 Å². The van der Waals surface area contributed by atoms with Gasteiger partial charge in [-0.15, -0.1) is 0 Å². The number of aliphatic hydroxyl groups excluding tert-OH is 1. The molecule has 0 aliphatic heterocycles. The van der Waals surface area contributed by atoms with Gasteiger partial charge in [-0.25, -0.2) is 0 Å². The summed E-state index contributed by atoms with van der Waals surface area (Å²) < 4.78 is 5.85. The van der Waals surface area contributed by atoms with Gasteiger partial charge in [0.25, 0.3) is 0 Å². The van der Waals surface area contributed by atoms with Gasteiger partial charge in [-0.05, 0) is 63.8 Å². The average molecular weight is 279 g/mol. The van der Waals surface area contributed by atoms with Crippen LogP contribution in [0.1, 0.15) is 44.2 Å². The summed E-state index contributed by atoms with van der Waals surface area (Å²) in [6.45, 7) is 10.2. The molecule has 0 heterocycles. The van der Waals surface area contributed by atoms with Crippen molar-refractivity contribution in [3.05, 3.63) is 29.3 Å². The second-order valence-electron chi connectivity index (χ2n) is 5.80. The molecule has 2 N–H and O–H groups in total. The minimum Gasteiger partial charge on any atom is -0.493 e. The van der Waals surface area contributed by atoms with Gasteiger partial charge in [-0.1, -0.05) is 19.1 Å². The number of benzene rings is 1. The van der Waals surface area contributed by atoms with Crippen LogP contribution in [0.4, 0.5) is 0 Å². The molecule has 20 heavy (non-hydrogen) atoms. The molecule has 114 valence electrons. The molecule has 0 fully saturated rings. The van der Waals surface area contributed by atoms with Crippen LogP contribution in [0.5, 0.6) is 5.75 Å². The first-order chi connectivity index (χ1) is 9.52. The Hall–Kier alpha value is -1.06. The van der Waals surface area contributed by atoms with E-state index in [4.69, 9.17) is 4.74 Å². The lowest BCUT2D eigenvalue weighted by molar-refractivity contribution is 0.156. The highest BCUT2D eigenvalue weighted by molar-refractivity contribution is 5.38. The van der Waals surface area contributed by atoms with E-state index in [1.54, 1.807) is 0 Å². The lowest BCUT2D eigenvalue weighted by Gasteiger charge is -2.28. The van der Waals surface area contributed by atoms with Gasteiger partial charge in [-0.3, -0.25) is 0 Å². The van der Waals surface area contributed by atoms with E-state index in [9.17, 15) is 5.11 Å². The quantitative estimate of drug-likeness (QED) is 0.682. The van der Waals surface area contributed by atoms with Crippen molar-refractivity contribution in [2.75, 3.05) is 19.8 Å². The largest absolute Gasteiger partial charge is 0.493 e. The smallest absolute Gasteiger partial charge is 0.122 e. The fourth-order valence-electron chi connectivity index (χ4n) is 2.18. The minimum absolute atomic E-state index is 0.163. The molecule has 0 bridgehead atoms.